The number of carbonyl (C=O) groups excluding carboxylic acids is 1. The molecule has 4 nitrogen and oxygen atoms in total. The van der Waals surface area contributed by atoms with Gasteiger partial charge in [0.2, 0.25) is 0 Å². The lowest BCUT2D eigenvalue weighted by atomic mass is 10.2. The summed E-state index contributed by atoms with van der Waals surface area (Å²) < 4.78 is 13.5. The Morgan fingerprint density at radius 2 is 1.87 bits per heavy atom. The predicted octanol–water partition coefficient (Wildman–Crippen LogP) is 3.22. The lowest BCUT2D eigenvalue weighted by Crippen LogP contribution is -2.39. The van der Waals surface area contributed by atoms with Crippen molar-refractivity contribution in [1.82, 2.24) is 10.2 Å². The maximum absolute atomic E-state index is 13.5. The summed E-state index contributed by atoms with van der Waals surface area (Å²) in [5.74, 6) is -0.294. The molecule has 5 heteroatoms. The van der Waals surface area contributed by atoms with Crippen LogP contribution in [0.1, 0.15) is 12.0 Å². The van der Waals surface area contributed by atoms with Crippen LogP contribution in [0.4, 0.5) is 14.9 Å². The number of nitrogens with one attached hydrogen (secondary N) is 2. The van der Waals surface area contributed by atoms with Gasteiger partial charge < -0.3 is 15.5 Å². The van der Waals surface area contributed by atoms with Gasteiger partial charge in [-0.05, 0) is 24.6 Å². The van der Waals surface area contributed by atoms with Crippen LogP contribution in [0.25, 0.3) is 0 Å². The second-order valence-electron chi connectivity index (χ2n) is 5.69. The molecule has 2 N–H and O–H groups in total. The molecule has 1 fully saturated rings. The minimum absolute atomic E-state index is 0.148. The fraction of sp³-hybridized carbons (Fsp3) is 0.278. The lowest BCUT2D eigenvalue weighted by molar-refractivity contribution is 0.208. The number of halogens is 1. The molecule has 1 saturated heterocycles. The quantitative estimate of drug-likeness (QED) is 0.910. The van der Waals surface area contributed by atoms with E-state index in [1.54, 1.807) is 23.1 Å². The summed E-state index contributed by atoms with van der Waals surface area (Å²) in [5.41, 5.74) is 1.56. The highest BCUT2D eigenvalue weighted by Gasteiger charge is 2.25. The Morgan fingerprint density at radius 3 is 2.65 bits per heavy atom. The van der Waals surface area contributed by atoms with E-state index in [9.17, 15) is 9.18 Å². The summed E-state index contributed by atoms with van der Waals surface area (Å²) in [6.45, 7) is 1.56. The van der Waals surface area contributed by atoms with Gasteiger partial charge in [-0.1, -0.05) is 36.4 Å². The van der Waals surface area contributed by atoms with Crippen LogP contribution in [-0.2, 0) is 6.54 Å². The first-order chi connectivity index (χ1) is 11.2. The van der Waals surface area contributed by atoms with Gasteiger partial charge in [0.1, 0.15) is 5.82 Å². The van der Waals surface area contributed by atoms with Crippen LogP contribution in [0.15, 0.2) is 54.6 Å². The second-order valence-corrected chi connectivity index (χ2v) is 5.69. The molecular formula is C18H20FN3O. The van der Waals surface area contributed by atoms with Crippen molar-refractivity contribution in [3.05, 3.63) is 66.0 Å². The number of likely N-dealkylation sites (tertiary alicyclic amines) is 1. The Labute approximate surface area is 135 Å². The van der Waals surface area contributed by atoms with E-state index in [2.05, 4.69) is 10.6 Å². The molecule has 1 atom stereocenters. The first-order valence-electron chi connectivity index (χ1n) is 7.80. The minimum atomic E-state index is -0.294. The fourth-order valence-electron chi connectivity index (χ4n) is 2.76. The number of nitrogens with zero attached hydrogens (tertiary/aromatic N) is 1. The van der Waals surface area contributed by atoms with Gasteiger partial charge in [0.15, 0.2) is 0 Å². The molecule has 0 radical (unpaired) electrons. The number of hydrogen-bond donors (Lipinski definition) is 2. The highest BCUT2D eigenvalue weighted by molar-refractivity contribution is 5.74. The number of urea groups is 1. The lowest BCUT2D eigenvalue weighted by Gasteiger charge is -2.18. The van der Waals surface area contributed by atoms with Gasteiger partial charge in [0, 0.05) is 36.9 Å². The third kappa shape index (κ3) is 4.00. The van der Waals surface area contributed by atoms with E-state index in [4.69, 9.17) is 0 Å². The molecule has 120 valence electrons. The molecule has 0 aromatic heterocycles. The average molecular weight is 313 g/mol. The third-order valence-electron chi connectivity index (χ3n) is 4.01. The molecule has 2 aromatic carbocycles. The molecule has 1 heterocycles. The van der Waals surface area contributed by atoms with Crippen LogP contribution in [0.2, 0.25) is 0 Å². The highest BCUT2D eigenvalue weighted by Crippen LogP contribution is 2.16. The van der Waals surface area contributed by atoms with Crippen molar-refractivity contribution >= 4 is 11.7 Å². The van der Waals surface area contributed by atoms with Gasteiger partial charge in [-0.25, -0.2) is 9.18 Å². The summed E-state index contributed by atoms with van der Waals surface area (Å²) >= 11 is 0. The largest absolute Gasteiger partial charge is 0.380 e. The van der Waals surface area contributed by atoms with Crippen molar-refractivity contribution in [3.63, 3.8) is 0 Å². The molecule has 0 saturated carbocycles. The first-order valence-corrected chi connectivity index (χ1v) is 7.80. The number of benzene rings is 2. The van der Waals surface area contributed by atoms with Crippen molar-refractivity contribution < 1.29 is 9.18 Å². The molecule has 0 aliphatic carbocycles. The maximum atomic E-state index is 13.5. The molecular weight excluding hydrogens is 293 g/mol. The third-order valence-corrected chi connectivity index (χ3v) is 4.01. The molecule has 1 aliphatic rings. The molecule has 2 aromatic rings. The van der Waals surface area contributed by atoms with Crippen LogP contribution >= 0.6 is 0 Å². The summed E-state index contributed by atoms with van der Waals surface area (Å²) in [6, 6.07) is 16.6. The molecule has 0 spiro atoms. The Bertz CT molecular complexity index is 662. The smallest absolute Gasteiger partial charge is 0.317 e. The normalized spacial score (nSPS) is 17.1. The van der Waals surface area contributed by atoms with E-state index >= 15 is 0 Å². The summed E-state index contributed by atoms with van der Waals surface area (Å²) in [7, 11) is 0. The number of para-hydroxylation sites is 1. The Morgan fingerprint density at radius 1 is 1.13 bits per heavy atom. The molecule has 2 amide bonds. The van der Waals surface area contributed by atoms with Crippen LogP contribution in [-0.4, -0.2) is 30.1 Å². The summed E-state index contributed by atoms with van der Waals surface area (Å²) in [6.07, 6.45) is 0.905. The summed E-state index contributed by atoms with van der Waals surface area (Å²) in [4.78, 5) is 14.0. The van der Waals surface area contributed by atoms with Crippen molar-refractivity contribution in [2.75, 3.05) is 18.4 Å². The van der Waals surface area contributed by atoms with Gasteiger partial charge in [0.25, 0.3) is 0 Å². The molecule has 0 unspecified atom stereocenters. The first kappa shape index (κ1) is 15.3. The maximum Gasteiger partial charge on any atom is 0.317 e. The minimum Gasteiger partial charge on any atom is -0.380 e. The van der Waals surface area contributed by atoms with Crippen molar-refractivity contribution in [2.24, 2.45) is 0 Å². The molecule has 23 heavy (non-hydrogen) atoms. The van der Waals surface area contributed by atoms with Crippen LogP contribution < -0.4 is 10.6 Å². The SMILES string of the molecule is O=C(NCc1ccccc1F)N1CC[C@@H](Nc2ccccc2)C1. The van der Waals surface area contributed by atoms with E-state index < -0.39 is 0 Å². The standard InChI is InChI=1S/C18H20FN3O/c19-17-9-5-4-6-14(17)12-20-18(23)22-11-10-16(13-22)21-15-7-2-1-3-8-15/h1-9,16,21H,10-13H2,(H,20,23)/t16-/m1/s1. The van der Waals surface area contributed by atoms with Gasteiger partial charge in [-0.2, -0.15) is 0 Å². The van der Waals surface area contributed by atoms with Gasteiger partial charge in [0.05, 0.1) is 0 Å². The van der Waals surface area contributed by atoms with Crippen molar-refractivity contribution in [2.45, 2.75) is 19.0 Å². The van der Waals surface area contributed by atoms with Crippen LogP contribution in [0.5, 0.6) is 0 Å². The number of hydrogen-bond acceptors (Lipinski definition) is 2. The molecule has 3 rings (SSSR count). The van der Waals surface area contributed by atoms with Gasteiger partial charge >= 0.3 is 6.03 Å². The van der Waals surface area contributed by atoms with Crippen LogP contribution in [0.3, 0.4) is 0 Å². The monoisotopic (exact) mass is 313 g/mol. The average Bonchev–Trinajstić information content (AvgIpc) is 3.03. The topological polar surface area (TPSA) is 44.4 Å². The highest BCUT2D eigenvalue weighted by atomic mass is 19.1. The van der Waals surface area contributed by atoms with E-state index in [1.165, 1.54) is 6.07 Å². The number of rotatable bonds is 4. The number of amides is 2. The zero-order valence-electron chi connectivity index (χ0n) is 12.8. The molecule has 0 bridgehead atoms. The second kappa shape index (κ2) is 7.13. The van der Waals surface area contributed by atoms with E-state index in [0.29, 0.717) is 18.7 Å². The Hall–Kier alpha value is -2.56. The van der Waals surface area contributed by atoms with Crippen LogP contribution in [0, 0.1) is 5.82 Å². The van der Waals surface area contributed by atoms with Crippen molar-refractivity contribution in [1.29, 1.82) is 0 Å². The zero-order valence-corrected chi connectivity index (χ0v) is 12.8. The molecule has 1 aliphatic heterocycles. The van der Waals surface area contributed by atoms with E-state index in [1.807, 2.05) is 30.3 Å². The van der Waals surface area contributed by atoms with Crippen molar-refractivity contribution in [3.8, 4) is 0 Å². The number of carbonyl (C=O) groups is 1. The zero-order chi connectivity index (χ0) is 16.1. The van der Waals surface area contributed by atoms with Gasteiger partial charge in [-0.3, -0.25) is 0 Å². The number of anilines is 1. The van der Waals surface area contributed by atoms with E-state index in [-0.39, 0.29) is 24.4 Å². The van der Waals surface area contributed by atoms with E-state index in [0.717, 1.165) is 12.1 Å². The Balaban J connectivity index is 1.49. The van der Waals surface area contributed by atoms with Gasteiger partial charge in [-0.15, -0.1) is 0 Å². The predicted molar refractivity (Wildman–Crippen MR) is 88.7 cm³/mol. The Kier molecular flexibility index (Phi) is 4.76. The summed E-state index contributed by atoms with van der Waals surface area (Å²) in [5, 5.41) is 6.21. The fourth-order valence-corrected chi connectivity index (χ4v) is 2.76.